The van der Waals surface area contributed by atoms with Gasteiger partial charge in [0.25, 0.3) is 0 Å². The number of hydrogen-bond donors (Lipinski definition) is 1. The molecule has 0 fully saturated rings. The van der Waals surface area contributed by atoms with Gasteiger partial charge in [0.1, 0.15) is 0 Å². The topological polar surface area (TPSA) is 12.0 Å². The molecule has 0 aromatic heterocycles. The lowest BCUT2D eigenvalue weighted by Gasteiger charge is -2.22. The van der Waals surface area contributed by atoms with Gasteiger partial charge in [-0.15, -0.1) is 0 Å². The van der Waals surface area contributed by atoms with Gasteiger partial charge in [-0.1, -0.05) is 52.7 Å². The minimum Gasteiger partial charge on any atom is -0.306 e. The van der Waals surface area contributed by atoms with Crippen molar-refractivity contribution in [2.75, 3.05) is 6.54 Å². The summed E-state index contributed by atoms with van der Waals surface area (Å²) in [5.74, 6) is 0. The average molecular weight is 353 g/mol. The summed E-state index contributed by atoms with van der Waals surface area (Å²) in [5.41, 5.74) is 3.77. The van der Waals surface area contributed by atoms with Crippen molar-refractivity contribution < 1.29 is 0 Å². The molecule has 106 valence electrons. The SMILES string of the molecule is CCCNC(c1ccc(Br)cc1)c1ccc(Cl)cc1C. The van der Waals surface area contributed by atoms with Gasteiger partial charge in [-0.05, 0) is 60.8 Å². The number of aryl methyl sites for hydroxylation is 1. The molecule has 2 aromatic carbocycles. The van der Waals surface area contributed by atoms with Crippen LogP contribution in [0.5, 0.6) is 0 Å². The normalized spacial score (nSPS) is 12.4. The second-order valence-electron chi connectivity index (χ2n) is 4.94. The molecule has 0 amide bonds. The van der Waals surface area contributed by atoms with E-state index in [1.165, 1.54) is 16.7 Å². The lowest BCUT2D eigenvalue weighted by atomic mass is 9.95. The molecule has 0 radical (unpaired) electrons. The molecule has 0 aliphatic heterocycles. The largest absolute Gasteiger partial charge is 0.306 e. The van der Waals surface area contributed by atoms with E-state index >= 15 is 0 Å². The fourth-order valence-electron chi connectivity index (χ4n) is 2.31. The first kappa shape index (κ1) is 15.6. The Kier molecular flexibility index (Phi) is 5.64. The summed E-state index contributed by atoms with van der Waals surface area (Å²) in [5, 5.41) is 4.41. The summed E-state index contributed by atoms with van der Waals surface area (Å²) in [6.07, 6.45) is 1.11. The second kappa shape index (κ2) is 7.26. The predicted molar refractivity (Wildman–Crippen MR) is 90.5 cm³/mol. The Morgan fingerprint density at radius 3 is 2.45 bits per heavy atom. The highest BCUT2D eigenvalue weighted by Gasteiger charge is 2.15. The molecule has 1 unspecified atom stereocenters. The Bertz CT molecular complexity index is 566. The van der Waals surface area contributed by atoms with Gasteiger partial charge in [0.15, 0.2) is 0 Å². The quantitative estimate of drug-likeness (QED) is 0.749. The van der Waals surface area contributed by atoms with Crippen LogP contribution in [0.2, 0.25) is 5.02 Å². The molecule has 1 atom stereocenters. The Balaban J connectivity index is 2.38. The molecule has 1 nitrogen and oxygen atoms in total. The standard InChI is InChI=1S/C17H19BrClN/c1-3-10-20-17(13-4-6-14(18)7-5-13)16-9-8-15(19)11-12(16)2/h4-9,11,17,20H,3,10H2,1-2H3. The van der Waals surface area contributed by atoms with Crippen LogP contribution in [-0.2, 0) is 0 Å². The van der Waals surface area contributed by atoms with Crippen LogP contribution in [0, 0.1) is 6.92 Å². The average Bonchev–Trinajstić information content (AvgIpc) is 2.42. The Labute approximate surface area is 134 Å². The van der Waals surface area contributed by atoms with Crippen molar-refractivity contribution in [3.05, 3.63) is 68.7 Å². The number of nitrogens with one attached hydrogen (secondary N) is 1. The molecular formula is C17H19BrClN. The summed E-state index contributed by atoms with van der Waals surface area (Å²) in [7, 11) is 0. The number of benzene rings is 2. The van der Waals surface area contributed by atoms with E-state index in [9.17, 15) is 0 Å². The van der Waals surface area contributed by atoms with E-state index in [1.54, 1.807) is 0 Å². The van der Waals surface area contributed by atoms with Gasteiger partial charge in [-0.3, -0.25) is 0 Å². The third-order valence-electron chi connectivity index (χ3n) is 3.34. The predicted octanol–water partition coefficient (Wildman–Crippen LogP) is 5.50. The number of rotatable bonds is 5. The van der Waals surface area contributed by atoms with E-state index in [0.717, 1.165) is 22.5 Å². The van der Waals surface area contributed by atoms with Crippen molar-refractivity contribution in [2.24, 2.45) is 0 Å². The summed E-state index contributed by atoms with van der Waals surface area (Å²) in [4.78, 5) is 0. The van der Waals surface area contributed by atoms with Crippen LogP contribution >= 0.6 is 27.5 Å². The van der Waals surface area contributed by atoms with Crippen LogP contribution < -0.4 is 5.32 Å². The summed E-state index contributed by atoms with van der Waals surface area (Å²) >= 11 is 9.56. The Hall–Kier alpha value is -0.830. The highest BCUT2D eigenvalue weighted by Crippen LogP contribution is 2.27. The molecule has 0 aliphatic rings. The summed E-state index contributed by atoms with van der Waals surface area (Å²) in [6, 6.07) is 14.8. The van der Waals surface area contributed by atoms with E-state index in [2.05, 4.69) is 65.4 Å². The van der Waals surface area contributed by atoms with Gasteiger partial charge < -0.3 is 5.32 Å². The highest BCUT2D eigenvalue weighted by molar-refractivity contribution is 9.10. The highest BCUT2D eigenvalue weighted by atomic mass is 79.9. The lowest BCUT2D eigenvalue weighted by molar-refractivity contribution is 0.596. The molecule has 3 heteroatoms. The Morgan fingerprint density at radius 1 is 1.15 bits per heavy atom. The third kappa shape index (κ3) is 3.85. The zero-order valence-electron chi connectivity index (χ0n) is 11.8. The van der Waals surface area contributed by atoms with E-state index in [4.69, 9.17) is 11.6 Å². The molecule has 0 aliphatic carbocycles. The maximum atomic E-state index is 6.07. The zero-order chi connectivity index (χ0) is 14.5. The van der Waals surface area contributed by atoms with Crippen LogP contribution in [-0.4, -0.2) is 6.54 Å². The van der Waals surface area contributed by atoms with Crippen molar-refractivity contribution in [3.8, 4) is 0 Å². The van der Waals surface area contributed by atoms with E-state index < -0.39 is 0 Å². The van der Waals surface area contributed by atoms with Crippen LogP contribution in [0.15, 0.2) is 46.9 Å². The van der Waals surface area contributed by atoms with Crippen molar-refractivity contribution >= 4 is 27.5 Å². The minimum absolute atomic E-state index is 0.209. The first-order valence-electron chi connectivity index (χ1n) is 6.86. The van der Waals surface area contributed by atoms with Gasteiger partial charge >= 0.3 is 0 Å². The van der Waals surface area contributed by atoms with Crippen LogP contribution in [0.1, 0.15) is 36.1 Å². The smallest absolute Gasteiger partial charge is 0.0579 e. The number of hydrogen-bond acceptors (Lipinski definition) is 1. The maximum Gasteiger partial charge on any atom is 0.0579 e. The monoisotopic (exact) mass is 351 g/mol. The molecule has 0 saturated carbocycles. The van der Waals surface area contributed by atoms with E-state index in [0.29, 0.717) is 0 Å². The molecule has 0 bridgehead atoms. The third-order valence-corrected chi connectivity index (χ3v) is 4.11. The molecule has 2 rings (SSSR count). The van der Waals surface area contributed by atoms with Crippen molar-refractivity contribution in [1.82, 2.24) is 5.32 Å². The van der Waals surface area contributed by atoms with Gasteiger partial charge in [0, 0.05) is 9.50 Å². The van der Waals surface area contributed by atoms with Gasteiger partial charge in [0.05, 0.1) is 6.04 Å². The maximum absolute atomic E-state index is 6.07. The lowest BCUT2D eigenvalue weighted by Crippen LogP contribution is -2.23. The van der Waals surface area contributed by atoms with E-state index in [-0.39, 0.29) is 6.04 Å². The molecule has 0 spiro atoms. The fourth-order valence-corrected chi connectivity index (χ4v) is 2.81. The molecule has 0 heterocycles. The molecule has 2 aromatic rings. The van der Waals surface area contributed by atoms with Crippen molar-refractivity contribution in [1.29, 1.82) is 0 Å². The fraction of sp³-hybridized carbons (Fsp3) is 0.294. The summed E-state index contributed by atoms with van der Waals surface area (Å²) < 4.78 is 1.10. The molecule has 1 N–H and O–H groups in total. The number of halogens is 2. The van der Waals surface area contributed by atoms with Crippen molar-refractivity contribution in [2.45, 2.75) is 26.3 Å². The van der Waals surface area contributed by atoms with Gasteiger partial charge in [-0.2, -0.15) is 0 Å². The zero-order valence-corrected chi connectivity index (χ0v) is 14.1. The molecular weight excluding hydrogens is 334 g/mol. The van der Waals surface area contributed by atoms with E-state index in [1.807, 2.05) is 12.1 Å². The molecule has 20 heavy (non-hydrogen) atoms. The first-order chi connectivity index (χ1) is 9.61. The minimum atomic E-state index is 0.209. The van der Waals surface area contributed by atoms with Crippen LogP contribution in [0.4, 0.5) is 0 Å². The van der Waals surface area contributed by atoms with Gasteiger partial charge in [-0.25, -0.2) is 0 Å². The first-order valence-corrected chi connectivity index (χ1v) is 8.04. The van der Waals surface area contributed by atoms with Crippen LogP contribution in [0.3, 0.4) is 0 Å². The summed E-state index contributed by atoms with van der Waals surface area (Å²) in [6.45, 7) is 5.28. The molecule has 0 saturated heterocycles. The van der Waals surface area contributed by atoms with Crippen molar-refractivity contribution in [3.63, 3.8) is 0 Å². The van der Waals surface area contributed by atoms with Gasteiger partial charge in [0.2, 0.25) is 0 Å². The second-order valence-corrected chi connectivity index (χ2v) is 6.29. The Morgan fingerprint density at radius 2 is 1.85 bits per heavy atom. The van der Waals surface area contributed by atoms with Crippen LogP contribution in [0.25, 0.3) is 0 Å².